The summed E-state index contributed by atoms with van der Waals surface area (Å²) in [5.74, 6) is 0.465. The van der Waals surface area contributed by atoms with E-state index in [0.717, 1.165) is 29.4 Å². The number of fused-ring (bicyclic) bond motifs is 6. The zero-order valence-corrected chi connectivity index (χ0v) is 23.7. The number of likely N-dealkylation sites (tertiary alicyclic amines) is 1. The van der Waals surface area contributed by atoms with Gasteiger partial charge in [-0.1, -0.05) is 0 Å². The number of piperidine rings is 1. The topological polar surface area (TPSA) is 141 Å². The summed E-state index contributed by atoms with van der Waals surface area (Å²) in [7, 11) is 0. The Labute approximate surface area is 241 Å². The van der Waals surface area contributed by atoms with E-state index in [2.05, 4.69) is 5.32 Å². The average Bonchev–Trinajstić information content (AvgIpc) is 3.56. The number of pyridine rings is 2. The molecule has 1 amide bonds. The molecule has 42 heavy (non-hydrogen) atoms. The number of aliphatic hydroxyl groups is 1. The molecule has 0 spiro atoms. The lowest BCUT2D eigenvalue weighted by molar-refractivity contribution is -0.157. The number of ether oxygens (including phenoxy) is 4. The van der Waals surface area contributed by atoms with Gasteiger partial charge in [0.15, 0.2) is 17.6 Å². The lowest BCUT2D eigenvalue weighted by Crippen LogP contribution is -2.46. The smallest absolute Gasteiger partial charge is 0.410 e. The van der Waals surface area contributed by atoms with Crippen LogP contribution in [0.1, 0.15) is 62.0 Å². The zero-order valence-electron chi connectivity index (χ0n) is 23.7. The van der Waals surface area contributed by atoms with Gasteiger partial charge in [-0.05, 0) is 51.3 Å². The predicted molar refractivity (Wildman–Crippen MR) is 149 cm³/mol. The number of aromatic nitrogens is 2. The summed E-state index contributed by atoms with van der Waals surface area (Å²) < 4.78 is 23.5. The van der Waals surface area contributed by atoms with E-state index < -0.39 is 17.7 Å². The summed E-state index contributed by atoms with van der Waals surface area (Å²) in [5.41, 5.74) is 3.44. The summed E-state index contributed by atoms with van der Waals surface area (Å²) in [6.07, 6.45) is -0.263. The molecule has 6 heterocycles. The molecular formula is C30H32N4O8. The van der Waals surface area contributed by atoms with Crippen molar-refractivity contribution in [1.82, 2.24) is 19.8 Å². The van der Waals surface area contributed by atoms with Gasteiger partial charge in [0, 0.05) is 48.3 Å². The van der Waals surface area contributed by atoms with E-state index in [1.165, 1.54) is 0 Å². The van der Waals surface area contributed by atoms with Crippen LogP contribution in [0.15, 0.2) is 23.0 Å². The predicted octanol–water partition coefficient (Wildman–Crippen LogP) is 2.73. The number of hydrogen-bond donors (Lipinski definition) is 2. The van der Waals surface area contributed by atoms with E-state index in [1.807, 2.05) is 32.9 Å². The zero-order chi connectivity index (χ0) is 29.3. The minimum Gasteiger partial charge on any atom is -0.458 e. The van der Waals surface area contributed by atoms with Gasteiger partial charge in [-0.15, -0.1) is 0 Å². The molecule has 3 aromatic rings. The third kappa shape index (κ3) is 4.45. The van der Waals surface area contributed by atoms with Crippen molar-refractivity contribution in [2.24, 2.45) is 0 Å². The Kier molecular flexibility index (Phi) is 6.17. The van der Waals surface area contributed by atoms with Crippen LogP contribution in [-0.4, -0.2) is 63.1 Å². The number of nitrogens with zero attached hydrogens (tertiary/aromatic N) is 3. The quantitative estimate of drug-likeness (QED) is 0.350. The lowest BCUT2D eigenvalue weighted by atomic mass is 9.97. The maximum Gasteiger partial charge on any atom is 0.410 e. The molecule has 0 saturated carbocycles. The molecule has 0 aliphatic carbocycles. The highest BCUT2D eigenvalue weighted by molar-refractivity contribution is 5.91. The minimum atomic E-state index is -1.52. The van der Waals surface area contributed by atoms with Crippen LogP contribution in [0, 0.1) is 0 Å². The summed E-state index contributed by atoms with van der Waals surface area (Å²) in [6, 6.07) is 5.63. The van der Waals surface area contributed by atoms with Crippen molar-refractivity contribution in [3.8, 4) is 22.9 Å². The largest absolute Gasteiger partial charge is 0.458 e. The number of hydrogen-bond acceptors (Lipinski definition) is 10. The first-order valence-electron chi connectivity index (χ1n) is 14.2. The van der Waals surface area contributed by atoms with Gasteiger partial charge in [0.25, 0.3) is 5.56 Å². The molecule has 1 saturated heterocycles. The van der Waals surface area contributed by atoms with E-state index in [4.69, 9.17) is 23.9 Å². The van der Waals surface area contributed by atoms with Gasteiger partial charge in [0.05, 0.1) is 29.0 Å². The number of cyclic esters (lactones) is 1. The number of benzene rings is 1. The number of nitrogens with one attached hydrogen (secondary N) is 1. The molecule has 12 heteroatoms. The molecule has 0 unspecified atom stereocenters. The van der Waals surface area contributed by atoms with Crippen LogP contribution in [0.5, 0.6) is 11.5 Å². The molecule has 4 aliphatic rings. The van der Waals surface area contributed by atoms with E-state index in [0.29, 0.717) is 54.6 Å². The number of amides is 1. The maximum absolute atomic E-state index is 13.5. The van der Waals surface area contributed by atoms with Crippen LogP contribution in [0.25, 0.3) is 22.3 Å². The minimum absolute atomic E-state index is 0.132. The summed E-state index contributed by atoms with van der Waals surface area (Å²) in [5, 5.41) is 15.1. The molecule has 2 N–H and O–H groups in total. The molecule has 4 aliphatic heterocycles. The first-order chi connectivity index (χ1) is 20.1. The van der Waals surface area contributed by atoms with E-state index in [-0.39, 0.29) is 42.2 Å². The van der Waals surface area contributed by atoms with Crippen LogP contribution in [0.3, 0.4) is 0 Å². The fraction of sp³-hybridized carbons (Fsp3) is 0.467. The number of rotatable bonds is 3. The Morgan fingerprint density at radius 3 is 2.57 bits per heavy atom. The molecule has 220 valence electrons. The Balaban J connectivity index is 1.22. The van der Waals surface area contributed by atoms with E-state index >= 15 is 0 Å². The van der Waals surface area contributed by atoms with Crippen molar-refractivity contribution < 1.29 is 33.6 Å². The van der Waals surface area contributed by atoms with Gasteiger partial charge in [0.1, 0.15) is 12.2 Å². The molecular weight excluding hydrogens is 544 g/mol. The van der Waals surface area contributed by atoms with Crippen LogP contribution < -0.4 is 20.3 Å². The highest BCUT2D eigenvalue weighted by Crippen LogP contribution is 2.42. The number of carbonyl (C=O) groups is 2. The fourth-order valence-electron chi connectivity index (χ4n) is 6.14. The highest BCUT2D eigenvalue weighted by Gasteiger charge is 2.35. The number of esters is 1. The molecule has 1 fully saturated rings. The van der Waals surface area contributed by atoms with Crippen molar-refractivity contribution in [2.75, 3.05) is 19.9 Å². The van der Waals surface area contributed by atoms with Gasteiger partial charge >= 0.3 is 12.1 Å². The highest BCUT2D eigenvalue weighted by atomic mass is 16.7. The van der Waals surface area contributed by atoms with Crippen LogP contribution >= 0.6 is 0 Å². The molecule has 12 nitrogen and oxygen atoms in total. The van der Waals surface area contributed by atoms with Gasteiger partial charge in [-0.3, -0.25) is 4.79 Å². The third-order valence-electron chi connectivity index (χ3n) is 8.28. The number of carbonyl (C=O) groups excluding carboxylic acids is 2. The second kappa shape index (κ2) is 9.70. The Morgan fingerprint density at radius 2 is 1.83 bits per heavy atom. The monoisotopic (exact) mass is 576 g/mol. The van der Waals surface area contributed by atoms with Crippen LogP contribution in [-0.2, 0) is 34.0 Å². The van der Waals surface area contributed by atoms with Gasteiger partial charge in [-0.2, -0.15) is 0 Å². The van der Waals surface area contributed by atoms with Crippen molar-refractivity contribution in [2.45, 2.75) is 71.1 Å². The first-order valence-corrected chi connectivity index (χ1v) is 14.2. The van der Waals surface area contributed by atoms with Gasteiger partial charge in [-0.25, -0.2) is 14.6 Å². The third-order valence-corrected chi connectivity index (χ3v) is 8.28. The molecule has 1 atom stereocenters. The van der Waals surface area contributed by atoms with Crippen LogP contribution in [0.2, 0.25) is 0 Å². The van der Waals surface area contributed by atoms with Crippen molar-refractivity contribution in [1.29, 1.82) is 0 Å². The first kappa shape index (κ1) is 26.7. The lowest BCUT2D eigenvalue weighted by Gasteiger charge is -2.34. The fourth-order valence-corrected chi connectivity index (χ4v) is 6.14. The van der Waals surface area contributed by atoms with Crippen molar-refractivity contribution in [3.63, 3.8) is 0 Å². The Hall–Kier alpha value is -4.16. The van der Waals surface area contributed by atoms with E-state index in [1.54, 1.807) is 15.5 Å². The maximum atomic E-state index is 13.5. The molecule has 0 radical (unpaired) electrons. The molecule has 0 bridgehead atoms. The van der Waals surface area contributed by atoms with Crippen LogP contribution in [0.4, 0.5) is 4.79 Å². The standard InChI is InChI=1S/C30H32N4O8/c1-30(2,3)42-29(38)33-6-4-15(5-7-33)31-11-18-16-9-23-24(41-14-40-23)10-21(16)32-25-19(18)12-34-22(25)8-17-20(27(34)36)13-39-28(37)26(17)35/h8-10,15,26,31,35H,4-7,11-14H2,1-3H3/t26-/m0/s1. The SMILES string of the molecule is CC(C)(C)OC(=O)N1CCC(NCc2c3c(nc4cc5c(cc24)OCO5)-c2cc4c(c(=O)n2C3)COC(=O)[C@H]4O)CC1. The summed E-state index contributed by atoms with van der Waals surface area (Å²) in [6.45, 7) is 7.53. The second-order valence-corrected chi connectivity index (χ2v) is 12.1. The second-order valence-electron chi connectivity index (χ2n) is 12.1. The normalized spacial score (nSPS) is 19.4. The van der Waals surface area contributed by atoms with E-state index in [9.17, 15) is 19.5 Å². The molecule has 7 rings (SSSR count). The molecule has 2 aromatic heterocycles. The Morgan fingerprint density at radius 1 is 1.10 bits per heavy atom. The van der Waals surface area contributed by atoms with Gasteiger partial charge in [0.2, 0.25) is 6.79 Å². The van der Waals surface area contributed by atoms with Crippen molar-refractivity contribution in [3.05, 3.63) is 50.8 Å². The van der Waals surface area contributed by atoms with Gasteiger partial charge < -0.3 is 38.8 Å². The Bertz CT molecular complexity index is 1700. The van der Waals surface area contributed by atoms with Crippen molar-refractivity contribution >= 4 is 23.0 Å². The summed E-state index contributed by atoms with van der Waals surface area (Å²) in [4.78, 5) is 44.8. The molecule has 1 aromatic carbocycles. The number of aliphatic hydroxyl groups excluding tert-OH is 1. The summed E-state index contributed by atoms with van der Waals surface area (Å²) >= 11 is 0. The average molecular weight is 577 g/mol.